The Bertz CT molecular complexity index is 403. The van der Waals surface area contributed by atoms with Crippen molar-refractivity contribution in [2.45, 2.75) is 38.8 Å². The maximum absolute atomic E-state index is 6.31. The maximum Gasteiger partial charge on any atom is 0.0637 e. The molecule has 19 heavy (non-hydrogen) atoms. The minimum atomic E-state index is 0.654. The van der Waals surface area contributed by atoms with Gasteiger partial charge in [-0.3, -0.25) is 4.90 Å². The molecule has 1 N–H and O–H groups in total. The first-order chi connectivity index (χ1) is 9.22. The zero-order valence-corrected chi connectivity index (χ0v) is 13.0. The molecule has 0 amide bonds. The average molecular weight is 301 g/mol. The van der Waals surface area contributed by atoms with E-state index in [2.05, 4.69) is 23.2 Å². The van der Waals surface area contributed by atoms with E-state index in [-0.39, 0.29) is 0 Å². The van der Waals surface area contributed by atoms with Crippen LogP contribution in [-0.2, 0) is 6.54 Å². The number of piperidine rings is 1. The van der Waals surface area contributed by atoms with E-state index in [4.69, 9.17) is 23.2 Å². The number of rotatable bonds is 5. The second kappa shape index (κ2) is 7.49. The summed E-state index contributed by atoms with van der Waals surface area (Å²) in [5.74, 6) is 0. The zero-order valence-electron chi connectivity index (χ0n) is 11.5. The molecule has 0 saturated carbocycles. The topological polar surface area (TPSA) is 15.3 Å². The van der Waals surface area contributed by atoms with Gasteiger partial charge in [0.05, 0.1) is 10.0 Å². The van der Waals surface area contributed by atoms with E-state index in [9.17, 15) is 0 Å². The molecule has 2 rings (SSSR count). The van der Waals surface area contributed by atoms with Gasteiger partial charge in [-0.25, -0.2) is 0 Å². The van der Waals surface area contributed by atoms with Crippen LogP contribution in [-0.4, -0.2) is 30.6 Å². The molecule has 1 saturated heterocycles. The summed E-state index contributed by atoms with van der Waals surface area (Å²) < 4.78 is 0. The summed E-state index contributed by atoms with van der Waals surface area (Å²) >= 11 is 12.4. The molecule has 106 valence electrons. The number of hydrogen-bond acceptors (Lipinski definition) is 2. The second-order valence-electron chi connectivity index (χ2n) is 5.16. The number of hydrogen-bond donors (Lipinski definition) is 1. The summed E-state index contributed by atoms with van der Waals surface area (Å²) in [6, 6.07) is 6.58. The van der Waals surface area contributed by atoms with Crippen LogP contribution in [0.15, 0.2) is 18.2 Å². The van der Waals surface area contributed by atoms with Gasteiger partial charge in [0.1, 0.15) is 0 Å². The average Bonchev–Trinajstić information content (AvgIpc) is 2.44. The van der Waals surface area contributed by atoms with Gasteiger partial charge in [0, 0.05) is 12.6 Å². The normalized spacial score (nSPS) is 17.1. The fraction of sp³-hybridized carbons (Fsp3) is 0.600. The lowest BCUT2D eigenvalue weighted by atomic mass is 10.0. The van der Waals surface area contributed by atoms with Crippen LogP contribution in [0.3, 0.4) is 0 Å². The minimum Gasteiger partial charge on any atom is -0.317 e. The molecular weight excluding hydrogens is 279 g/mol. The molecule has 0 aromatic heterocycles. The quantitative estimate of drug-likeness (QED) is 0.885. The van der Waals surface area contributed by atoms with Crippen molar-refractivity contribution in [3.05, 3.63) is 33.8 Å². The van der Waals surface area contributed by atoms with Crippen molar-refractivity contribution < 1.29 is 0 Å². The maximum atomic E-state index is 6.31. The smallest absolute Gasteiger partial charge is 0.0637 e. The molecule has 0 atom stereocenters. The van der Waals surface area contributed by atoms with Gasteiger partial charge in [-0.2, -0.15) is 0 Å². The molecule has 0 aliphatic carbocycles. The highest BCUT2D eigenvalue weighted by atomic mass is 35.5. The molecule has 0 radical (unpaired) electrons. The van der Waals surface area contributed by atoms with Crippen LogP contribution in [0.4, 0.5) is 0 Å². The van der Waals surface area contributed by atoms with Gasteiger partial charge in [0.2, 0.25) is 0 Å². The third-order valence-corrected chi connectivity index (χ3v) is 4.60. The van der Waals surface area contributed by atoms with Crippen molar-refractivity contribution in [2.24, 2.45) is 0 Å². The van der Waals surface area contributed by atoms with Crippen molar-refractivity contribution in [2.75, 3.05) is 19.6 Å². The third-order valence-electron chi connectivity index (χ3n) is 3.74. The summed E-state index contributed by atoms with van der Waals surface area (Å²) in [5.41, 5.74) is 1.14. The lowest BCUT2D eigenvalue weighted by molar-refractivity contribution is 0.154. The van der Waals surface area contributed by atoms with E-state index in [0.29, 0.717) is 16.1 Å². The fourth-order valence-corrected chi connectivity index (χ4v) is 3.12. The van der Waals surface area contributed by atoms with Gasteiger partial charge < -0.3 is 5.32 Å². The summed E-state index contributed by atoms with van der Waals surface area (Å²) in [4.78, 5) is 2.55. The van der Waals surface area contributed by atoms with Crippen LogP contribution in [0.2, 0.25) is 10.0 Å². The highest BCUT2D eigenvalue weighted by molar-refractivity contribution is 6.42. The van der Waals surface area contributed by atoms with Crippen molar-refractivity contribution in [1.82, 2.24) is 10.2 Å². The van der Waals surface area contributed by atoms with Gasteiger partial charge in [-0.1, -0.05) is 42.3 Å². The summed E-state index contributed by atoms with van der Waals surface area (Å²) in [6.45, 7) is 6.49. The molecule has 4 heteroatoms. The number of halogens is 2. The SMILES string of the molecule is CCCN(Cc1cccc(Cl)c1Cl)C1CCNCC1. The Hall–Kier alpha value is -0.280. The Kier molecular flexibility index (Phi) is 5.96. The lowest BCUT2D eigenvalue weighted by Gasteiger charge is -2.34. The van der Waals surface area contributed by atoms with E-state index in [1.807, 2.05) is 12.1 Å². The van der Waals surface area contributed by atoms with Crippen LogP contribution >= 0.6 is 23.2 Å². The summed E-state index contributed by atoms with van der Waals surface area (Å²) in [7, 11) is 0. The van der Waals surface area contributed by atoms with Crippen LogP contribution in [0.1, 0.15) is 31.7 Å². The van der Waals surface area contributed by atoms with Gasteiger partial charge in [-0.15, -0.1) is 0 Å². The van der Waals surface area contributed by atoms with Crippen LogP contribution in [0.5, 0.6) is 0 Å². The largest absolute Gasteiger partial charge is 0.317 e. The molecule has 1 fully saturated rings. The van der Waals surface area contributed by atoms with Crippen molar-refractivity contribution in [3.8, 4) is 0 Å². The van der Waals surface area contributed by atoms with Crippen molar-refractivity contribution >= 4 is 23.2 Å². The number of nitrogens with one attached hydrogen (secondary N) is 1. The van der Waals surface area contributed by atoms with E-state index in [0.717, 1.165) is 31.7 Å². The Morgan fingerprint density at radius 1 is 1.26 bits per heavy atom. The first-order valence-corrected chi connectivity index (χ1v) is 7.85. The number of benzene rings is 1. The summed E-state index contributed by atoms with van der Waals surface area (Å²) in [6.07, 6.45) is 3.61. The fourth-order valence-electron chi connectivity index (χ4n) is 2.74. The van der Waals surface area contributed by atoms with Gasteiger partial charge >= 0.3 is 0 Å². The Labute approximate surface area is 126 Å². The highest BCUT2D eigenvalue weighted by Gasteiger charge is 2.21. The standard InChI is InChI=1S/C15H22Cl2N2/c1-2-10-19(13-6-8-18-9-7-13)11-12-4-3-5-14(16)15(12)17/h3-5,13,18H,2,6-11H2,1H3. The van der Waals surface area contributed by atoms with Crippen molar-refractivity contribution in [1.29, 1.82) is 0 Å². The molecule has 1 aliphatic rings. The van der Waals surface area contributed by atoms with E-state index >= 15 is 0 Å². The van der Waals surface area contributed by atoms with Gasteiger partial charge in [0.25, 0.3) is 0 Å². The Balaban J connectivity index is 2.08. The Morgan fingerprint density at radius 3 is 2.68 bits per heavy atom. The zero-order chi connectivity index (χ0) is 13.7. The molecule has 0 spiro atoms. The van der Waals surface area contributed by atoms with Crippen LogP contribution in [0, 0.1) is 0 Å². The highest BCUT2D eigenvalue weighted by Crippen LogP contribution is 2.27. The molecule has 1 aromatic carbocycles. The minimum absolute atomic E-state index is 0.654. The predicted molar refractivity (Wildman–Crippen MR) is 83.1 cm³/mol. The van der Waals surface area contributed by atoms with E-state index in [1.165, 1.54) is 19.3 Å². The Morgan fingerprint density at radius 2 is 2.00 bits per heavy atom. The lowest BCUT2D eigenvalue weighted by Crippen LogP contribution is -2.43. The number of nitrogens with zero attached hydrogens (tertiary/aromatic N) is 1. The molecule has 1 aromatic rings. The second-order valence-corrected chi connectivity index (χ2v) is 5.95. The molecule has 2 nitrogen and oxygen atoms in total. The first-order valence-electron chi connectivity index (χ1n) is 7.10. The predicted octanol–water partition coefficient (Wildman–Crippen LogP) is 3.96. The monoisotopic (exact) mass is 300 g/mol. The van der Waals surface area contributed by atoms with E-state index < -0.39 is 0 Å². The van der Waals surface area contributed by atoms with Crippen LogP contribution in [0.25, 0.3) is 0 Å². The first kappa shape index (κ1) is 15.1. The molecule has 0 unspecified atom stereocenters. The summed E-state index contributed by atoms with van der Waals surface area (Å²) in [5, 5.41) is 4.78. The van der Waals surface area contributed by atoms with Crippen LogP contribution < -0.4 is 5.32 Å². The van der Waals surface area contributed by atoms with Gasteiger partial charge in [0.15, 0.2) is 0 Å². The molecule has 0 bridgehead atoms. The molecule has 1 heterocycles. The van der Waals surface area contributed by atoms with Crippen molar-refractivity contribution in [3.63, 3.8) is 0 Å². The molecular formula is C15H22Cl2N2. The van der Waals surface area contributed by atoms with Gasteiger partial charge in [-0.05, 0) is 50.5 Å². The van der Waals surface area contributed by atoms with E-state index in [1.54, 1.807) is 0 Å². The molecule has 1 aliphatic heterocycles. The third kappa shape index (κ3) is 4.09.